The summed E-state index contributed by atoms with van der Waals surface area (Å²) in [4.78, 5) is 4.46. The van der Waals surface area contributed by atoms with E-state index in [-0.39, 0.29) is 22.8 Å². The van der Waals surface area contributed by atoms with Crippen LogP contribution >= 0.6 is 11.8 Å². The molecule has 1 saturated heterocycles. The number of methoxy groups -OCH3 is 2. The van der Waals surface area contributed by atoms with Crippen molar-refractivity contribution in [2.45, 2.75) is 11.3 Å². The number of sulfone groups is 1. The summed E-state index contributed by atoms with van der Waals surface area (Å²) in [6, 6.07) is 5.31. The molecule has 8 heteroatoms. The second kappa shape index (κ2) is 5.42. The highest BCUT2D eigenvalue weighted by Crippen LogP contribution is 2.36. The fourth-order valence-corrected chi connectivity index (χ4v) is 6.11. The number of rotatable bonds is 3. The highest BCUT2D eigenvalue weighted by Gasteiger charge is 2.42. The van der Waals surface area contributed by atoms with Crippen molar-refractivity contribution in [3.05, 3.63) is 18.2 Å². The van der Waals surface area contributed by atoms with Gasteiger partial charge in [0.05, 0.1) is 37.5 Å². The molecule has 21 heavy (non-hydrogen) atoms. The number of nitrogens with one attached hydrogen (secondary N) is 1. The van der Waals surface area contributed by atoms with Crippen molar-refractivity contribution >= 4 is 32.5 Å². The summed E-state index contributed by atoms with van der Waals surface area (Å²) in [6.45, 7) is 0. The molecule has 0 aliphatic carbocycles. The molecule has 2 heterocycles. The van der Waals surface area contributed by atoms with Gasteiger partial charge < -0.3 is 14.8 Å². The minimum Gasteiger partial charge on any atom is -0.497 e. The molecule has 0 radical (unpaired) electrons. The van der Waals surface area contributed by atoms with Crippen LogP contribution in [0.4, 0.5) is 5.69 Å². The maximum absolute atomic E-state index is 11.6. The van der Waals surface area contributed by atoms with Gasteiger partial charge in [-0.2, -0.15) is 0 Å². The molecule has 0 unspecified atom stereocenters. The third-order valence-corrected chi connectivity index (χ3v) is 6.61. The van der Waals surface area contributed by atoms with Crippen LogP contribution in [0.3, 0.4) is 0 Å². The number of anilines is 1. The van der Waals surface area contributed by atoms with Crippen LogP contribution in [0.2, 0.25) is 0 Å². The molecule has 0 bridgehead atoms. The van der Waals surface area contributed by atoms with Crippen LogP contribution in [0.25, 0.3) is 0 Å². The normalized spacial score (nSPS) is 26.1. The van der Waals surface area contributed by atoms with Gasteiger partial charge in [0.1, 0.15) is 11.5 Å². The van der Waals surface area contributed by atoms with Crippen molar-refractivity contribution in [1.29, 1.82) is 0 Å². The van der Waals surface area contributed by atoms with E-state index in [2.05, 4.69) is 10.3 Å². The standard InChI is InChI=1S/C13H16N2O4S2/c1-18-8-3-4-11(19-2)9(5-8)14-13-15-10-6-21(16,17)7-12(10)20-13/h3-5,10,12H,6-7H2,1-2H3,(H,14,15)/t10-,12+/m0/s1. The van der Waals surface area contributed by atoms with Crippen LogP contribution in [-0.4, -0.2) is 50.6 Å². The first kappa shape index (κ1) is 14.5. The Bertz CT molecular complexity index is 687. The van der Waals surface area contributed by atoms with Crippen LogP contribution in [0.15, 0.2) is 23.2 Å². The first-order chi connectivity index (χ1) is 10.0. The SMILES string of the molecule is COc1ccc(OC)c(NC2=N[C@H]3CS(=O)(=O)C[C@H]3S2)c1. The lowest BCUT2D eigenvalue weighted by Crippen LogP contribution is -2.13. The summed E-state index contributed by atoms with van der Waals surface area (Å²) in [5, 5.41) is 3.95. The number of fused-ring (bicyclic) bond motifs is 1. The average molecular weight is 328 g/mol. The van der Waals surface area contributed by atoms with Gasteiger partial charge in [0.25, 0.3) is 0 Å². The van der Waals surface area contributed by atoms with E-state index in [1.54, 1.807) is 14.2 Å². The maximum Gasteiger partial charge on any atom is 0.161 e. The highest BCUT2D eigenvalue weighted by molar-refractivity contribution is 8.15. The Hall–Kier alpha value is -1.41. The van der Waals surface area contributed by atoms with Crippen LogP contribution in [0.1, 0.15) is 0 Å². The lowest BCUT2D eigenvalue weighted by atomic mass is 10.2. The third kappa shape index (κ3) is 2.96. The Labute approximate surface area is 127 Å². The summed E-state index contributed by atoms with van der Waals surface area (Å²) in [5.41, 5.74) is 0.755. The van der Waals surface area contributed by atoms with Crippen molar-refractivity contribution in [1.82, 2.24) is 0 Å². The number of ether oxygens (including phenoxy) is 2. The highest BCUT2D eigenvalue weighted by atomic mass is 32.2. The molecule has 0 spiro atoms. The van der Waals surface area contributed by atoms with Crippen molar-refractivity contribution < 1.29 is 17.9 Å². The Morgan fingerprint density at radius 2 is 2.10 bits per heavy atom. The lowest BCUT2D eigenvalue weighted by molar-refractivity contribution is 0.405. The minimum atomic E-state index is -2.93. The van der Waals surface area contributed by atoms with E-state index in [9.17, 15) is 8.42 Å². The second-order valence-electron chi connectivity index (χ2n) is 4.93. The molecule has 6 nitrogen and oxygen atoms in total. The van der Waals surface area contributed by atoms with E-state index in [0.29, 0.717) is 11.5 Å². The van der Waals surface area contributed by atoms with Crippen LogP contribution in [0, 0.1) is 0 Å². The Balaban J connectivity index is 1.79. The fraction of sp³-hybridized carbons (Fsp3) is 0.462. The van der Waals surface area contributed by atoms with Gasteiger partial charge in [0.15, 0.2) is 15.0 Å². The van der Waals surface area contributed by atoms with E-state index >= 15 is 0 Å². The smallest absolute Gasteiger partial charge is 0.161 e. The van der Waals surface area contributed by atoms with Gasteiger partial charge in [-0.15, -0.1) is 0 Å². The van der Waals surface area contributed by atoms with E-state index in [1.807, 2.05) is 18.2 Å². The average Bonchev–Trinajstić information content (AvgIpc) is 2.91. The molecule has 2 atom stereocenters. The van der Waals surface area contributed by atoms with Gasteiger partial charge in [-0.3, -0.25) is 4.99 Å². The van der Waals surface area contributed by atoms with Crippen molar-refractivity contribution in [2.75, 3.05) is 31.0 Å². The molecular weight excluding hydrogens is 312 g/mol. The summed E-state index contributed by atoms with van der Waals surface area (Å²) < 4.78 is 33.6. The lowest BCUT2D eigenvalue weighted by Gasteiger charge is -2.12. The van der Waals surface area contributed by atoms with E-state index in [1.165, 1.54) is 11.8 Å². The molecule has 1 aromatic rings. The Kier molecular flexibility index (Phi) is 3.75. The number of benzene rings is 1. The molecule has 0 aromatic heterocycles. The van der Waals surface area contributed by atoms with Crippen molar-refractivity contribution in [3.63, 3.8) is 0 Å². The molecule has 0 saturated carbocycles. The van der Waals surface area contributed by atoms with Crippen molar-refractivity contribution in [2.24, 2.45) is 4.99 Å². The summed E-state index contributed by atoms with van der Waals surface area (Å²) in [7, 11) is 0.269. The maximum atomic E-state index is 11.6. The monoisotopic (exact) mass is 328 g/mol. The summed E-state index contributed by atoms with van der Waals surface area (Å²) in [6.07, 6.45) is 0. The molecule has 3 rings (SSSR count). The number of aliphatic imine (C=N–C) groups is 1. The topological polar surface area (TPSA) is 77.0 Å². The van der Waals surface area contributed by atoms with Gasteiger partial charge in [-0.25, -0.2) is 8.42 Å². The third-order valence-electron chi connectivity index (χ3n) is 3.47. The summed E-state index contributed by atoms with van der Waals surface area (Å²) >= 11 is 1.47. The van der Waals surface area contributed by atoms with Gasteiger partial charge in [0.2, 0.25) is 0 Å². The van der Waals surface area contributed by atoms with E-state index in [4.69, 9.17) is 9.47 Å². The largest absolute Gasteiger partial charge is 0.497 e. The number of amidine groups is 1. The van der Waals surface area contributed by atoms with Crippen LogP contribution in [-0.2, 0) is 9.84 Å². The predicted molar refractivity (Wildman–Crippen MR) is 84.4 cm³/mol. The zero-order valence-corrected chi connectivity index (χ0v) is 13.3. The predicted octanol–water partition coefficient (Wildman–Crippen LogP) is 1.38. The van der Waals surface area contributed by atoms with Crippen LogP contribution in [0.5, 0.6) is 11.5 Å². The van der Waals surface area contributed by atoms with Gasteiger partial charge in [0, 0.05) is 11.3 Å². The van der Waals surface area contributed by atoms with Crippen LogP contribution < -0.4 is 14.8 Å². The van der Waals surface area contributed by atoms with Gasteiger partial charge >= 0.3 is 0 Å². The Morgan fingerprint density at radius 3 is 2.76 bits per heavy atom. The molecule has 2 aliphatic heterocycles. The second-order valence-corrected chi connectivity index (χ2v) is 8.31. The molecule has 0 amide bonds. The Morgan fingerprint density at radius 1 is 1.29 bits per heavy atom. The number of hydrogen-bond acceptors (Lipinski definition) is 7. The first-order valence-corrected chi connectivity index (χ1v) is 9.15. The van der Waals surface area contributed by atoms with Gasteiger partial charge in [-0.1, -0.05) is 11.8 Å². The minimum absolute atomic E-state index is 0.0223. The molecule has 114 valence electrons. The number of hydrogen-bond donors (Lipinski definition) is 1. The first-order valence-electron chi connectivity index (χ1n) is 6.44. The quantitative estimate of drug-likeness (QED) is 0.903. The molecule has 2 aliphatic rings. The zero-order valence-electron chi connectivity index (χ0n) is 11.7. The van der Waals surface area contributed by atoms with Gasteiger partial charge in [-0.05, 0) is 12.1 Å². The molecule has 1 fully saturated rings. The van der Waals surface area contributed by atoms with E-state index in [0.717, 1.165) is 10.9 Å². The summed E-state index contributed by atoms with van der Waals surface area (Å²) in [5.74, 6) is 1.74. The fourth-order valence-electron chi connectivity index (χ4n) is 2.44. The van der Waals surface area contributed by atoms with Crippen molar-refractivity contribution in [3.8, 4) is 11.5 Å². The molecule has 1 aromatic carbocycles. The van der Waals surface area contributed by atoms with E-state index < -0.39 is 9.84 Å². The molecular formula is C13H16N2O4S2. The molecule has 1 N–H and O–H groups in total. The zero-order chi connectivity index (χ0) is 15.0. The number of nitrogens with zero attached hydrogens (tertiary/aromatic N) is 1. The number of thioether (sulfide) groups is 1.